The number of rotatable bonds is 6. The highest BCUT2D eigenvalue weighted by atomic mass is 32.1. The number of benzene rings is 11. The van der Waals surface area contributed by atoms with E-state index in [1.165, 1.54) is 22.8 Å². The first-order valence-corrected chi connectivity index (χ1v) is 28.0. The van der Waals surface area contributed by atoms with E-state index in [0.29, 0.717) is 0 Å². The van der Waals surface area contributed by atoms with Crippen LogP contribution in [0.3, 0.4) is 0 Å². The largest absolute Gasteiger partial charge is 0.454 e. The van der Waals surface area contributed by atoms with Crippen LogP contribution in [0.25, 0.3) is 75.1 Å². The van der Waals surface area contributed by atoms with Crippen molar-refractivity contribution >= 4 is 98.3 Å². The number of halogens is 2. The fourth-order valence-electron chi connectivity index (χ4n) is 13.2. The van der Waals surface area contributed by atoms with Gasteiger partial charge in [-0.2, -0.15) is 0 Å². The van der Waals surface area contributed by atoms with Gasteiger partial charge in [0.25, 0.3) is 0 Å². The molecule has 3 nitrogen and oxygen atoms in total. The molecule has 0 atom stereocenters. The molecule has 2 aliphatic rings. The van der Waals surface area contributed by atoms with Crippen LogP contribution in [0.15, 0.2) is 223 Å². The van der Waals surface area contributed by atoms with Crippen LogP contribution in [0.1, 0.15) is 74.9 Å². The summed E-state index contributed by atoms with van der Waals surface area (Å²) < 4.78 is 41.9. The number of thiophene rings is 1. The zero-order chi connectivity index (χ0) is 53.7. The highest BCUT2D eigenvalue weighted by molar-refractivity contribution is 7.26. The lowest BCUT2D eigenvalue weighted by molar-refractivity contribution is 0.584. The van der Waals surface area contributed by atoms with E-state index in [2.05, 4.69) is 247 Å². The van der Waals surface area contributed by atoms with Crippen molar-refractivity contribution in [2.75, 3.05) is 9.80 Å². The molecule has 6 heteroatoms. The van der Waals surface area contributed by atoms with Gasteiger partial charge in [0.15, 0.2) is 5.58 Å². The Morgan fingerprint density at radius 3 is 1.66 bits per heavy atom. The van der Waals surface area contributed by atoms with Gasteiger partial charge in [0.05, 0.1) is 22.5 Å². The molecule has 15 rings (SSSR count). The summed E-state index contributed by atoms with van der Waals surface area (Å²) >= 11 is 1.77. The fourth-order valence-corrected chi connectivity index (χ4v) is 14.5. The van der Waals surface area contributed by atoms with Gasteiger partial charge in [-0.15, -0.1) is 11.3 Å². The second-order valence-corrected chi connectivity index (χ2v) is 24.5. The standard InChI is InChI=1S/C73H54F2N2OS/c1-71(2,3)45-28-34-48(35-29-45)76(50-33-27-43-17-7-8-18-44(43)39-50)62-42-57-67(66-53-21-11-15-25-63(53)78-69(62)66)68-58(73(57)55-23-13-9-19-51(55)52-20-10-14-24-56(52)73)41-61(65-54-22-12-16-26-64(54)79-70(65)68)77(60-38-32-47(74)40-59(60)75)49-36-30-46(31-37-49)72(4,5)6/h7-42H,1-6H3. The topological polar surface area (TPSA) is 19.6 Å². The van der Waals surface area contributed by atoms with Crippen LogP contribution >= 0.6 is 11.3 Å². The monoisotopic (exact) mass is 1040 g/mol. The molecule has 13 aromatic rings. The van der Waals surface area contributed by atoms with Crippen molar-refractivity contribution in [3.63, 3.8) is 0 Å². The molecule has 0 bridgehead atoms. The predicted molar refractivity (Wildman–Crippen MR) is 327 cm³/mol. The lowest BCUT2D eigenvalue weighted by atomic mass is 9.70. The normalized spacial score (nSPS) is 13.4. The minimum Gasteiger partial charge on any atom is -0.454 e. The number of para-hydroxylation sites is 1. The molecule has 2 heterocycles. The third-order valence-corrected chi connectivity index (χ3v) is 18.1. The first kappa shape index (κ1) is 47.4. The molecule has 0 saturated carbocycles. The Labute approximate surface area is 462 Å². The van der Waals surface area contributed by atoms with E-state index >= 15 is 8.78 Å². The zero-order valence-corrected chi connectivity index (χ0v) is 45.6. The van der Waals surface area contributed by atoms with Crippen LogP contribution < -0.4 is 9.80 Å². The van der Waals surface area contributed by atoms with Gasteiger partial charge in [0.1, 0.15) is 17.2 Å². The number of nitrogens with zero attached hydrogens (tertiary/aromatic N) is 2. The van der Waals surface area contributed by atoms with E-state index in [1.54, 1.807) is 17.4 Å². The van der Waals surface area contributed by atoms with Crippen molar-refractivity contribution in [3.05, 3.63) is 263 Å². The van der Waals surface area contributed by atoms with Crippen LogP contribution in [0.2, 0.25) is 0 Å². The van der Waals surface area contributed by atoms with Gasteiger partial charge in [-0.25, -0.2) is 8.78 Å². The number of hydrogen-bond acceptors (Lipinski definition) is 4. The fraction of sp³-hybridized carbons (Fsp3) is 0.123. The first-order valence-electron chi connectivity index (χ1n) is 27.2. The summed E-state index contributed by atoms with van der Waals surface area (Å²) in [6.07, 6.45) is 0. The molecule has 0 unspecified atom stereocenters. The average Bonchev–Trinajstić information content (AvgIpc) is 1.70. The van der Waals surface area contributed by atoms with E-state index < -0.39 is 17.0 Å². The molecule has 79 heavy (non-hydrogen) atoms. The summed E-state index contributed by atoms with van der Waals surface area (Å²) in [5.41, 5.74) is 16.8. The van der Waals surface area contributed by atoms with Crippen LogP contribution in [-0.2, 0) is 16.2 Å². The lowest BCUT2D eigenvalue weighted by Gasteiger charge is -2.34. The highest BCUT2D eigenvalue weighted by Gasteiger charge is 2.54. The van der Waals surface area contributed by atoms with Gasteiger partial charge < -0.3 is 14.2 Å². The minimum atomic E-state index is -0.896. The molecule has 382 valence electrons. The molecule has 1 spiro atoms. The van der Waals surface area contributed by atoms with Gasteiger partial charge in [0, 0.05) is 65.2 Å². The Morgan fingerprint density at radius 2 is 0.987 bits per heavy atom. The second-order valence-electron chi connectivity index (χ2n) is 23.5. The molecule has 11 aromatic carbocycles. The van der Waals surface area contributed by atoms with Crippen molar-refractivity contribution in [1.82, 2.24) is 0 Å². The average molecular weight is 1050 g/mol. The summed E-state index contributed by atoms with van der Waals surface area (Å²) in [4.78, 5) is 4.43. The summed E-state index contributed by atoms with van der Waals surface area (Å²) in [5.74, 6) is -1.28. The molecule has 2 aromatic heterocycles. The maximum Gasteiger partial charge on any atom is 0.160 e. The van der Waals surface area contributed by atoms with Crippen molar-refractivity contribution in [1.29, 1.82) is 0 Å². The van der Waals surface area contributed by atoms with Crippen molar-refractivity contribution in [3.8, 4) is 22.3 Å². The van der Waals surface area contributed by atoms with Crippen molar-refractivity contribution < 1.29 is 13.2 Å². The van der Waals surface area contributed by atoms with Crippen LogP contribution in [-0.4, -0.2) is 0 Å². The van der Waals surface area contributed by atoms with E-state index in [-0.39, 0.29) is 16.5 Å². The predicted octanol–water partition coefficient (Wildman–Crippen LogP) is 21.3. The molecular weight excluding hydrogens is 991 g/mol. The van der Waals surface area contributed by atoms with E-state index in [1.807, 2.05) is 4.90 Å². The SMILES string of the molecule is CC(C)(C)c1ccc(N(c2ccc3ccccc3c2)c2cc3c(c4c2oc2ccccc24)-c2c(cc(N(c4ccc(C(C)(C)C)cc4)c4ccc(F)cc4F)c4c2sc2ccccc24)C32c3ccccc3-c3ccccc32)cc1. The Morgan fingerprint density at radius 1 is 0.430 bits per heavy atom. The van der Waals surface area contributed by atoms with Crippen LogP contribution in [0, 0.1) is 11.6 Å². The molecule has 0 N–H and O–H groups in total. The molecule has 0 fully saturated rings. The lowest BCUT2D eigenvalue weighted by Crippen LogP contribution is -2.26. The summed E-state index contributed by atoms with van der Waals surface area (Å²) in [7, 11) is 0. The van der Waals surface area contributed by atoms with Gasteiger partial charge in [0.2, 0.25) is 0 Å². The quantitative estimate of drug-likeness (QED) is 0.165. The Kier molecular flexibility index (Phi) is 10.2. The molecule has 2 aliphatic carbocycles. The number of fused-ring (bicyclic) bond motifs is 19. The Bertz CT molecular complexity index is 4620. The van der Waals surface area contributed by atoms with Crippen molar-refractivity contribution in [2.24, 2.45) is 0 Å². The van der Waals surface area contributed by atoms with Gasteiger partial charge >= 0.3 is 0 Å². The minimum absolute atomic E-state index is 0.0575. The van der Waals surface area contributed by atoms with Crippen molar-refractivity contribution in [2.45, 2.75) is 57.8 Å². The van der Waals surface area contributed by atoms with E-state index in [0.717, 1.165) is 126 Å². The highest BCUT2D eigenvalue weighted by Crippen LogP contribution is 2.68. The smallest absolute Gasteiger partial charge is 0.160 e. The Balaban J connectivity index is 1.14. The molecule has 0 radical (unpaired) electrons. The molecule has 0 aliphatic heterocycles. The zero-order valence-electron chi connectivity index (χ0n) is 44.8. The maximum absolute atomic E-state index is 17.1. The number of furan rings is 1. The van der Waals surface area contributed by atoms with E-state index in [4.69, 9.17) is 4.42 Å². The third-order valence-electron chi connectivity index (χ3n) is 16.9. The Hall–Kier alpha value is -8.84. The molecule has 0 amide bonds. The number of hydrogen-bond donors (Lipinski definition) is 0. The van der Waals surface area contributed by atoms with Gasteiger partial charge in [-0.3, -0.25) is 0 Å². The summed E-state index contributed by atoms with van der Waals surface area (Å²) in [5, 5.41) is 6.40. The second kappa shape index (κ2) is 17.1. The van der Waals surface area contributed by atoms with Crippen LogP contribution in [0.4, 0.5) is 42.9 Å². The summed E-state index contributed by atoms with van der Waals surface area (Å²) in [6.45, 7) is 13.4. The van der Waals surface area contributed by atoms with E-state index in [9.17, 15) is 0 Å². The molecular formula is C73H54F2N2OS. The van der Waals surface area contributed by atoms with Gasteiger partial charge in [-0.1, -0.05) is 181 Å². The molecule has 0 saturated heterocycles. The maximum atomic E-state index is 17.1. The summed E-state index contributed by atoms with van der Waals surface area (Å²) in [6, 6.07) is 76.4. The number of anilines is 6. The first-order chi connectivity index (χ1) is 38.3. The van der Waals surface area contributed by atoms with Crippen LogP contribution in [0.5, 0.6) is 0 Å². The van der Waals surface area contributed by atoms with Gasteiger partial charge in [-0.05, 0) is 139 Å². The third kappa shape index (κ3) is 6.93.